The Morgan fingerprint density at radius 2 is 2.00 bits per heavy atom. The van der Waals surface area contributed by atoms with Crippen molar-refractivity contribution in [1.82, 2.24) is 10.2 Å². The molecular formula is C11H13N3S2. The van der Waals surface area contributed by atoms with E-state index < -0.39 is 0 Å². The van der Waals surface area contributed by atoms with Gasteiger partial charge >= 0.3 is 0 Å². The molecule has 0 bridgehead atoms. The predicted molar refractivity (Wildman–Crippen MR) is 70.2 cm³/mol. The SMILES string of the molecule is CNc1nnc(S[C@@H](C)c2ccccc2)s1. The summed E-state index contributed by atoms with van der Waals surface area (Å²) in [5.74, 6) is 0. The van der Waals surface area contributed by atoms with Crippen molar-refractivity contribution in [3.63, 3.8) is 0 Å². The van der Waals surface area contributed by atoms with Gasteiger partial charge in [0.05, 0.1) is 0 Å². The molecule has 0 amide bonds. The third-order valence-electron chi connectivity index (χ3n) is 2.17. The molecule has 0 aliphatic heterocycles. The van der Waals surface area contributed by atoms with Crippen LogP contribution in [0.3, 0.4) is 0 Å². The van der Waals surface area contributed by atoms with Crippen molar-refractivity contribution < 1.29 is 0 Å². The van der Waals surface area contributed by atoms with Gasteiger partial charge < -0.3 is 5.32 Å². The maximum atomic E-state index is 4.12. The van der Waals surface area contributed by atoms with E-state index in [1.807, 2.05) is 13.1 Å². The number of anilines is 1. The Bertz CT molecular complexity index is 442. The first kappa shape index (κ1) is 11.4. The van der Waals surface area contributed by atoms with Crippen molar-refractivity contribution in [3.05, 3.63) is 35.9 Å². The summed E-state index contributed by atoms with van der Waals surface area (Å²) < 4.78 is 1.00. The number of aromatic nitrogens is 2. The van der Waals surface area contributed by atoms with E-state index in [0.29, 0.717) is 5.25 Å². The molecule has 2 rings (SSSR count). The smallest absolute Gasteiger partial charge is 0.206 e. The summed E-state index contributed by atoms with van der Waals surface area (Å²) in [6.45, 7) is 2.18. The summed E-state index contributed by atoms with van der Waals surface area (Å²) in [5.41, 5.74) is 1.31. The molecule has 0 spiro atoms. The summed E-state index contributed by atoms with van der Waals surface area (Å²) in [5, 5.41) is 12.4. The maximum absolute atomic E-state index is 4.12. The minimum Gasteiger partial charge on any atom is -0.363 e. The van der Waals surface area contributed by atoms with Gasteiger partial charge in [-0.25, -0.2) is 0 Å². The van der Waals surface area contributed by atoms with Gasteiger partial charge in [-0.15, -0.1) is 10.2 Å². The molecule has 84 valence electrons. The second-order valence-corrected chi connectivity index (χ2v) is 5.86. The Balaban J connectivity index is 2.05. The van der Waals surface area contributed by atoms with Crippen LogP contribution in [0, 0.1) is 0 Å². The number of hydrogen-bond donors (Lipinski definition) is 1. The minimum atomic E-state index is 0.402. The van der Waals surface area contributed by atoms with Gasteiger partial charge in [0.15, 0.2) is 4.34 Å². The lowest BCUT2D eigenvalue weighted by molar-refractivity contribution is 1.000. The Kier molecular flexibility index (Phi) is 3.79. The summed E-state index contributed by atoms with van der Waals surface area (Å²) in [4.78, 5) is 0. The zero-order valence-electron chi connectivity index (χ0n) is 9.18. The standard InChI is InChI=1S/C11H13N3S2/c1-8(9-6-4-3-5-7-9)15-11-14-13-10(12-2)16-11/h3-8H,1-2H3,(H,12,13)/t8-/m0/s1. The van der Waals surface area contributed by atoms with Gasteiger partial charge in [0.1, 0.15) is 0 Å². The molecule has 0 aliphatic rings. The van der Waals surface area contributed by atoms with E-state index >= 15 is 0 Å². The molecule has 2 aromatic rings. The Labute approximate surface area is 103 Å². The Morgan fingerprint density at radius 3 is 2.62 bits per heavy atom. The molecule has 5 heteroatoms. The summed E-state index contributed by atoms with van der Waals surface area (Å²) in [7, 11) is 1.86. The molecule has 0 unspecified atom stereocenters. The average molecular weight is 251 g/mol. The van der Waals surface area contributed by atoms with E-state index in [1.165, 1.54) is 5.56 Å². The Morgan fingerprint density at radius 1 is 1.25 bits per heavy atom. The normalized spacial score (nSPS) is 12.4. The van der Waals surface area contributed by atoms with Crippen LogP contribution in [-0.4, -0.2) is 17.2 Å². The lowest BCUT2D eigenvalue weighted by Gasteiger charge is -2.08. The third kappa shape index (κ3) is 2.74. The molecule has 0 saturated heterocycles. The van der Waals surface area contributed by atoms with Crippen LogP contribution in [0.25, 0.3) is 0 Å². The first-order chi connectivity index (χ1) is 7.79. The molecule has 16 heavy (non-hydrogen) atoms. The highest BCUT2D eigenvalue weighted by atomic mass is 32.2. The molecule has 0 fully saturated rings. The molecule has 1 aromatic heterocycles. The predicted octanol–water partition coefficient (Wildman–Crippen LogP) is 3.43. The number of thioether (sulfide) groups is 1. The van der Waals surface area contributed by atoms with Crippen molar-refractivity contribution in [3.8, 4) is 0 Å². The number of nitrogens with zero attached hydrogens (tertiary/aromatic N) is 2. The van der Waals surface area contributed by atoms with Gasteiger partial charge in [0.2, 0.25) is 5.13 Å². The molecule has 0 aliphatic carbocycles. The average Bonchev–Trinajstić information content (AvgIpc) is 2.78. The summed E-state index contributed by atoms with van der Waals surface area (Å²) in [6.07, 6.45) is 0. The van der Waals surface area contributed by atoms with Crippen LogP contribution in [0.4, 0.5) is 5.13 Å². The van der Waals surface area contributed by atoms with E-state index in [1.54, 1.807) is 23.1 Å². The highest BCUT2D eigenvalue weighted by Crippen LogP contribution is 2.36. The number of nitrogens with one attached hydrogen (secondary N) is 1. The molecule has 1 aromatic carbocycles. The quantitative estimate of drug-likeness (QED) is 0.845. The van der Waals surface area contributed by atoms with E-state index in [0.717, 1.165) is 9.47 Å². The fourth-order valence-electron chi connectivity index (χ4n) is 1.30. The highest BCUT2D eigenvalue weighted by molar-refractivity contribution is 8.01. The molecule has 0 radical (unpaired) electrons. The van der Waals surface area contributed by atoms with Crippen LogP contribution in [-0.2, 0) is 0 Å². The zero-order valence-corrected chi connectivity index (χ0v) is 10.8. The first-order valence-electron chi connectivity index (χ1n) is 5.02. The minimum absolute atomic E-state index is 0.402. The van der Waals surface area contributed by atoms with E-state index in [2.05, 4.69) is 46.7 Å². The van der Waals surface area contributed by atoms with Crippen molar-refractivity contribution >= 4 is 28.2 Å². The van der Waals surface area contributed by atoms with Crippen LogP contribution in [0.15, 0.2) is 34.7 Å². The fourth-order valence-corrected chi connectivity index (χ4v) is 3.28. The second-order valence-electron chi connectivity index (χ2n) is 3.29. The van der Waals surface area contributed by atoms with Gasteiger partial charge in [-0.2, -0.15) is 0 Å². The lowest BCUT2D eigenvalue weighted by Crippen LogP contribution is -1.86. The number of hydrogen-bond acceptors (Lipinski definition) is 5. The second kappa shape index (κ2) is 5.32. The van der Waals surface area contributed by atoms with Crippen molar-refractivity contribution in [2.24, 2.45) is 0 Å². The van der Waals surface area contributed by atoms with Gasteiger partial charge in [-0.1, -0.05) is 53.4 Å². The fraction of sp³-hybridized carbons (Fsp3) is 0.273. The topological polar surface area (TPSA) is 37.8 Å². The van der Waals surface area contributed by atoms with Gasteiger partial charge in [-0.3, -0.25) is 0 Å². The summed E-state index contributed by atoms with van der Waals surface area (Å²) >= 11 is 3.32. The van der Waals surface area contributed by atoms with E-state index in [9.17, 15) is 0 Å². The number of benzene rings is 1. The van der Waals surface area contributed by atoms with Crippen molar-refractivity contribution in [2.45, 2.75) is 16.5 Å². The summed E-state index contributed by atoms with van der Waals surface area (Å²) in [6, 6.07) is 10.4. The van der Waals surface area contributed by atoms with Crippen molar-refractivity contribution in [1.29, 1.82) is 0 Å². The molecule has 1 heterocycles. The van der Waals surface area contributed by atoms with Crippen molar-refractivity contribution in [2.75, 3.05) is 12.4 Å². The number of rotatable bonds is 4. The van der Waals surface area contributed by atoms with Crippen LogP contribution < -0.4 is 5.32 Å². The molecule has 1 atom stereocenters. The highest BCUT2D eigenvalue weighted by Gasteiger charge is 2.10. The molecule has 0 saturated carbocycles. The van der Waals surface area contributed by atoms with E-state index in [-0.39, 0.29) is 0 Å². The largest absolute Gasteiger partial charge is 0.363 e. The van der Waals surface area contributed by atoms with Crippen LogP contribution in [0.5, 0.6) is 0 Å². The van der Waals surface area contributed by atoms with Crippen LogP contribution >= 0.6 is 23.1 Å². The zero-order chi connectivity index (χ0) is 11.4. The third-order valence-corrected chi connectivity index (χ3v) is 4.35. The monoisotopic (exact) mass is 251 g/mol. The van der Waals surface area contributed by atoms with Gasteiger partial charge in [-0.05, 0) is 12.5 Å². The Hall–Kier alpha value is -1.07. The molecule has 3 nitrogen and oxygen atoms in total. The van der Waals surface area contributed by atoms with Gasteiger partial charge in [0.25, 0.3) is 0 Å². The maximum Gasteiger partial charge on any atom is 0.206 e. The molecule has 1 N–H and O–H groups in total. The first-order valence-corrected chi connectivity index (χ1v) is 6.72. The molecular weight excluding hydrogens is 238 g/mol. The lowest BCUT2D eigenvalue weighted by atomic mass is 10.2. The van der Waals surface area contributed by atoms with Crippen LogP contribution in [0.1, 0.15) is 17.7 Å². The van der Waals surface area contributed by atoms with E-state index in [4.69, 9.17) is 0 Å². The van der Waals surface area contributed by atoms with Crippen LogP contribution in [0.2, 0.25) is 0 Å². The van der Waals surface area contributed by atoms with Gasteiger partial charge in [0, 0.05) is 12.3 Å².